The first-order valence-electron chi connectivity index (χ1n) is 8.23. The average Bonchev–Trinajstić information content (AvgIpc) is 2.86. The van der Waals surface area contributed by atoms with Crippen molar-refractivity contribution in [2.75, 3.05) is 13.1 Å². The smallest absolute Gasteiger partial charge is 0.259 e. The number of hydrogen-bond donors (Lipinski definition) is 1. The van der Waals surface area contributed by atoms with Gasteiger partial charge in [0.15, 0.2) is 0 Å². The zero-order valence-electron chi connectivity index (χ0n) is 13.7. The lowest BCUT2D eigenvalue weighted by Crippen LogP contribution is -2.42. The molecule has 0 saturated carbocycles. The quantitative estimate of drug-likeness (QED) is 0.917. The predicted molar refractivity (Wildman–Crippen MR) is 93.7 cm³/mol. The Hall–Kier alpha value is -3.08. The SMILES string of the molecule is C=C1c2ccccc2C(=O)N1CC(=O)N1CCc2ccc(O)cc2C1. The first kappa shape index (κ1) is 15.4. The molecule has 5 heteroatoms. The highest BCUT2D eigenvalue weighted by Crippen LogP contribution is 2.31. The molecule has 25 heavy (non-hydrogen) atoms. The van der Waals surface area contributed by atoms with Crippen LogP contribution in [0.25, 0.3) is 5.70 Å². The summed E-state index contributed by atoms with van der Waals surface area (Å²) < 4.78 is 0. The molecule has 0 aromatic heterocycles. The van der Waals surface area contributed by atoms with Crippen LogP contribution < -0.4 is 0 Å². The van der Waals surface area contributed by atoms with Gasteiger partial charge in [-0.1, -0.05) is 30.8 Å². The third-order valence-corrected chi connectivity index (χ3v) is 4.89. The highest BCUT2D eigenvalue weighted by atomic mass is 16.3. The van der Waals surface area contributed by atoms with E-state index in [2.05, 4.69) is 6.58 Å². The molecule has 0 radical (unpaired) electrons. The molecule has 5 nitrogen and oxygen atoms in total. The van der Waals surface area contributed by atoms with Crippen LogP contribution in [-0.4, -0.2) is 39.8 Å². The van der Waals surface area contributed by atoms with Crippen LogP contribution in [0.3, 0.4) is 0 Å². The largest absolute Gasteiger partial charge is 0.508 e. The van der Waals surface area contributed by atoms with Crippen molar-refractivity contribution in [3.63, 3.8) is 0 Å². The lowest BCUT2D eigenvalue weighted by atomic mass is 9.99. The van der Waals surface area contributed by atoms with Crippen molar-refractivity contribution in [1.82, 2.24) is 9.80 Å². The summed E-state index contributed by atoms with van der Waals surface area (Å²) in [5, 5.41) is 9.64. The van der Waals surface area contributed by atoms with Gasteiger partial charge in [0, 0.05) is 29.9 Å². The molecule has 0 bridgehead atoms. The van der Waals surface area contributed by atoms with Gasteiger partial charge in [0.25, 0.3) is 5.91 Å². The second-order valence-electron chi connectivity index (χ2n) is 6.40. The Morgan fingerprint density at radius 3 is 2.64 bits per heavy atom. The van der Waals surface area contributed by atoms with Crippen molar-refractivity contribution < 1.29 is 14.7 Å². The Labute approximate surface area is 145 Å². The van der Waals surface area contributed by atoms with Gasteiger partial charge in [-0.05, 0) is 35.7 Å². The number of rotatable bonds is 2. The van der Waals surface area contributed by atoms with E-state index in [0.29, 0.717) is 24.4 Å². The van der Waals surface area contributed by atoms with Crippen LogP contribution in [0.1, 0.15) is 27.0 Å². The van der Waals surface area contributed by atoms with Crippen LogP contribution >= 0.6 is 0 Å². The van der Waals surface area contributed by atoms with Crippen LogP contribution in [-0.2, 0) is 17.8 Å². The fourth-order valence-corrected chi connectivity index (χ4v) is 3.49. The second kappa shape index (κ2) is 5.77. The first-order valence-corrected chi connectivity index (χ1v) is 8.23. The summed E-state index contributed by atoms with van der Waals surface area (Å²) in [6, 6.07) is 12.5. The van der Waals surface area contributed by atoms with E-state index in [4.69, 9.17) is 0 Å². The zero-order chi connectivity index (χ0) is 17.6. The molecular weight excluding hydrogens is 316 g/mol. The van der Waals surface area contributed by atoms with Crippen molar-refractivity contribution in [3.8, 4) is 5.75 Å². The summed E-state index contributed by atoms with van der Waals surface area (Å²) in [7, 11) is 0. The number of carbonyl (C=O) groups excluding carboxylic acids is 2. The number of carbonyl (C=O) groups is 2. The van der Waals surface area contributed by atoms with Crippen molar-refractivity contribution >= 4 is 17.5 Å². The molecule has 2 aromatic rings. The second-order valence-corrected chi connectivity index (χ2v) is 6.40. The summed E-state index contributed by atoms with van der Waals surface area (Å²) in [5.41, 5.74) is 4.05. The van der Waals surface area contributed by atoms with E-state index in [1.807, 2.05) is 24.3 Å². The van der Waals surface area contributed by atoms with Crippen molar-refractivity contribution in [2.24, 2.45) is 0 Å². The number of nitrogens with zero attached hydrogens (tertiary/aromatic N) is 2. The number of amides is 2. The number of fused-ring (bicyclic) bond motifs is 2. The van der Waals surface area contributed by atoms with E-state index in [9.17, 15) is 14.7 Å². The summed E-state index contributed by atoms with van der Waals surface area (Å²) in [6.07, 6.45) is 0.746. The van der Waals surface area contributed by atoms with Gasteiger partial charge in [-0.2, -0.15) is 0 Å². The molecule has 0 aliphatic carbocycles. The standard InChI is InChI=1S/C20H18N2O3/c1-13-17-4-2-3-5-18(17)20(25)22(13)12-19(24)21-9-8-14-6-7-16(23)10-15(14)11-21/h2-7,10,23H,1,8-9,11-12H2. The maximum Gasteiger partial charge on any atom is 0.259 e. The van der Waals surface area contributed by atoms with Gasteiger partial charge < -0.3 is 10.0 Å². The Morgan fingerprint density at radius 1 is 1.12 bits per heavy atom. The number of aromatic hydroxyl groups is 1. The normalized spacial score (nSPS) is 16.0. The van der Waals surface area contributed by atoms with E-state index in [0.717, 1.165) is 23.1 Å². The average molecular weight is 334 g/mol. The van der Waals surface area contributed by atoms with Gasteiger partial charge in [-0.3, -0.25) is 14.5 Å². The molecule has 2 heterocycles. The molecule has 0 atom stereocenters. The summed E-state index contributed by atoms with van der Waals surface area (Å²) in [5.74, 6) is -0.0908. The monoisotopic (exact) mass is 334 g/mol. The van der Waals surface area contributed by atoms with E-state index < -0.39 is 0 Å². The molecule has 0 saturated heterocycles. The van der Waals surface area contributed by atoms with Gasteiger partial charge >= 0.3 is 0 Å². The predicted octanol–water partition coefficient (Wildman–Crippen LogP) is 2.40. The number of phenols is 1. The molecule has 1 N–H and O–H groups in total. The summed E-state index contributed by atoms with van der Waals surface area (Å²) in [4.78, 5) is 28.4. The van der Waals surface area contributed by atoms with Crippen molar-refractivity contribution in [3.05, 3.63) is 71.3 Å². The highest BCUT2D eigenvalue weighted by Gasteiger charge is 2.33. The maximum absolute atomic E-state index is 12.7. The number of benzene rings is 2. The first-order chi connectivity index (χ1) is 12.0. The van der Waals surface area contributed by atoms with Gasteiger partial charge in [0.05, 0.1) is 0 Å². The highest BCUT2D eigenvalue weighted by molar-refractivity contribution is 6.10. The fraction of sp³-hybridized carbons (Fsp3) is 0.200. The lowest BCUT2D eigenvalue weighted by molar-refractivity contribution is -0.132. The van der Waals surface area contributed by atoms with E-state index >= 15 is 0 Å². The molecule has 2 aliphatic rings. The van der Waals surface area contributed by atoms with E-state index in [-0.39, 0.29) is 24.1 Å². The molecular formula is C20H18N2O3. The van der Waals surface area contributed by atoms with Gasteiger partial charge in [-0.25, -0.2) is 0 Å². The van der Waals surface area contributed by atoms with Crippen LogP contribution in [0.4, 0.5) is 0 Å². The van der Waals surface area contributed by atoms with E-state index in [1.54, 1.807) is 23.1 Å². The Bertz CT molecular complexity index is 869. The molecule has 126 valence electrons. The Balaban J connectivity index is 1.50. The topological polar surface area (TPSA) is 60.9 Å². The Morgan fingerprint density at radius 2 is 1.88 bits per heavy atom. The summed E-state index contributed by atoms with van der Waals surface area (Å²) >= 11 is 0. The van der Waals surface area contributed by atoms with Crippen LogP contribution in [0, 0.1) is 0 Å². The zero-order valence-corrected chi connectivity index (χ0v) is 13.7. The molecule has 4 rings (SSSR count). The molecule has 0 fully saturated rings. The molecule has 2 aliphatic heterocycles. The minimum absolute atomic E-state index is 0.0134. The molecule has 2 amide bonds. The maximum atomic E-state index is 12.7. The summed E-state index contributed by atoms with van der Waals surface area (Å²) in [6.45, 7) is 5.02. The number of phenolic OH excluding ortho intramolecular Hbond substituents is 1. The minimum Gasteiger partial charge on any atom is -0.508 e. The van der Waals surface area contributed by atoms with Gasteiger partial charge in [-0.15, -0.1) is 0 Å². The molecule has 0 unspecified atom stereocenters. The third kappa shape index (κ3) is 2.58. The molecule has 2 aromatic carbocycles. The van der Waals surface area contributed by atoms with Crippen molar-refractivity contribution in [1.29, 1.82) is 0 Å². The molecule has 0 spiro atoms. The number of hydrogen-bond acceptors (Lipinski definition) is 3. The lowest BCUT2D eigenvalue weighted by Gasteiger charge is -2.30. The van der Waals surface area contributed by atoms with Gasteiger partial charge in [0.2, 0.25) is 5.91 Å². The minimum atomic E-state index is -0.177. The van der Waals surface area contributed by atoms with E-state index in [1.165, 1.54) is 4.90 Å². The third-order valence-electron chi connectivity index (χ3n) is 4.89. The van der Waals surface area contributed by atoms with Crippen LogP contribution in [0.2, 0.25) is 0 Å². The van der Waals surface area contributed by atoms with Crippen molar-refractivity contribution in [2.45, 2.75) is 13.0 Å². The Kier molecular flexibility index (Phi) is 3.57. The fourth-order valence-electron chi connectivity index (χ4n) is 3.49. The van der Waals surface area contributed by atoms with Crippen LogP contribution in [0.5, 0.6) is 5.75 Å². The van der Waals surface area contributed by atoms with Gasteiger partial charge in [0.1, 0.15) is 12.3 Å². The van der Waals surface area contributed by atoms with Crippen LogP contribution in [0.15, 0.2) is 49.0 Å².